The molecule has 2 amide bonds. The summed E-state index contributed by atoms with van der Waals surface area (Å²) in [7, 11) is 1.55. The second-order valence-electron chi connectivity index (χ2n) is 5.07. The molecule has 0 aromatic carbocycles. The van der Waals surface area contributed by atoms with Crippen molar-refractivity contribution >= 4 is 12.0 Å². The zero-order valence-electron chi connectivity index (χ0n) is 10.8. The van der Waals surface area contributed by atoms with Crippen LogP contribution in [0.2, 0.25) is 0 Å². The van der Waals surface area contributed by atoms with Crippen LogP contribution in [0.3, 0.4) is 0 Å². The molecule has 0 bridgehead atoms. The topological polar surface area (TPSA) is 99.1 Å². The number of nitrogens with one attached hydrogen (secondary N) is 1. The molecule has 1 fully saturated rings. The molecule has 7 heteroatoms. The molecule has 0 radical (unpaired) electrons. The number of aliphatic carboxylic acids is 1. The summed E-state index contributed by atoms with van der Waals surface area (Å²) >= 11 is 0. The van der Waals surface area contributed by atoms with Gasteiger partial charge in [-0.1, -0.05) is 0 Å². The SMILES string of the molecule is CN(C(=O)NC1COCC1C(=O)O)C(C)(C)CO. The molecule has 0 aromatic heterocycles. The van der Waals surface area contributed by atoms with Crippen LogP contribution in [0.1, 0.15) is 13.8 Å². The molecule has 1 aliphatic heterocycles. The molecule has 3 N–H and O–H groups in total. The van der Waals surface area contributed by atoms with Crippen molar-refractivity contribution in [2.24, 2.45) is 5.92 Å². The number of carboxylic acid groups (broad SMARTS) is 1. The van der Waals surface area contributed by atoms with Crippen LogP contribution in [0.15, 0.2) is 0 Å². The largest absolute Gasteiger partial charge is 0.481 e. The molecule has 1 heterocycles. The Labute approximate surface area is 106 Å². The number of aliphatic hydroxyl groups is 1. The number of hydrogen-bond acceptors (Lipinski definition) is 4. The van der Waals surface area contributed by atoms with Gasteiger partial charge in [0.1, 0.15) is 5.92 Å². The van der Waals surface area contributed by atoms with E-state index in [1.807, 2.05) is 0 Å². The Balaban J connectivity index is 2.62. The molecule has 1 saturated heterocycles. The van der Waals surface area contributed by atoms with Crippen LogP contribution >= 0.6 is 0 Å². The van der Waals surface area contributed by atoms with Gasteiger partial charge < -0.3 is 25.2 Å². The highest BCUT2D eigenvalue weighted by molar-refractivity contribution is 5.77. The second-order valence-corrected chi connectivity index (χ2v) is 5.07. The Morgan fingerprint density at radius 2 is 2.06 bits per heavy atom. The molecule has 1 rings (SSSR count). The molecule has 1 aliphatic rings. The van der Waals surface area contributed by atoms with Crippen molar-refractivity contribution in [2.75, 3.05) is 26.9 Å². The monoisotopic (exact) mass is 260 g/mol. The van der Waals surface area contributed by atoms with Crippen LogP contribution < -0.4 is 5.32 Å². The van der Waals surface area contributed by atoms with Crippen LogP contribution in [0.25, 0.3) is 0 Å². The highest BCUT2D eigenvalue weighted by Gasteiger charge is 2.37. The molecule has 104 valence electrons. The van der Waals surface area contributed by atoms with E-state index in [2.05, 4.69) is 5.32 Å². The van der Waals surface area contributed by atoms with Crippen molar-refractivity contribution in [2.45, 2.75) is 25.4 Å². The van der Waals surface area contributed by atoms with E-state index in [-0.39, 0.29) is 19.8 Å². The van der Waals surface area contributed by atoms with Crippen molar-refractivity contribution in [3.63, 3.8) is 0 Å². The lowest BCUT2D eigenvalue weighted by molar-refractivity contribution is -0.142. The van der Waals surface area contributed by atoms with E-state index in [1.54, 1.807) is 20.9 Å². The van der Waals surface area contributed by atoms with E-state index in [0.29, 0.717) is 0 Å². The number of nitrogens with zero attached hydrogens (tertiary/aromatic N) is 1. The fraction of sp³-hybridized carbons (Fsp3) is 0.818. The van der Waals surface area contributed by atoms with Gasteiger partial charge in [-0.15, -0.1) is 0 Å². The molecule has 18 heavy (non-hydrogen) atoms. The summed E-state index contributed by atoms with van der Waals surface area (Å²) in [4.78, 5) is 24.2. The van der Waals surface area contributed by atoms with E-state index < -0.39 is 29.5 Å². The molecule has 7 nitrogen and oxygen atoms in total. The number of carbonyl (C=O) groups excluding carboxylic acids is 1. The van der Waals surface area contributed by atoms with Crippen molar-refractivity contribution in [1.29, 1.82) is 0 Å². The van der Waals surface area contributed by atoms with Gasteiger partial charge >= 0.3 is 12.0 Å². The zero-order chi connectivity index (χ0) is 13.9. The maximum atomic E-state index is 11.9. The first-order chi connectivity index (χ1) is 8.29. The molecule has 0 spiro atoms. The molecule has 2 unspecified atom stereocenters. The molecule has 0 saturated carbocycles. The number of ether oxygens (including phenoxy) is 1. The Morgan fingerprint density at radius 1 is 1.44 bits per heavy atom. The third-order valence-corrected chi connectivity index (χ3v) is 3.31. The number of likely N-dealkylation sites (N-methyl/N-ethyl adjacent to an activating group) is 1. The van der Waals surface area contributed by atoms with Gasteiger partial charge in [-0.05, 0) is 13.8 Å². The highest BCUT2D eigenvalue weighted by atomic mass is 16.5. The number of hydrogen-bond donors (Lipinski definition) is 3. The predicted molar refractivity (Wildman–Crippen MR) is 63.2 cm³/mol. The third kappa shape index (κ3) is 3.11. The van der Waals surface area contributed by atoms with Crippen LogP contribution in [-0.4, -0.2) is 65.6 Å². The summed E-state index contributed by atoms with van der Waals surface area (Å²) in [5.41, 5.74) is -0.706. The highest BCUT2D eigenvalue weighted by Crippen LogP contribution is 2.16. The summed E-state index contributed by atoms with van der Waals surface area (Å²) in [5, 5.41) is 20.8. The average Bonchev–Trinajstić information content (AvgIpc) is 2.76. The number of carbonyl (C=O) groups is 2. The minimum absolute atomic E-state index is 0.105. The van der Waals surface area contributed by atoms with Crippen molar-refractivity contribution < 1.29 is 24.5 Å². The minimum atomic E-state index is -0.984. The Bertz CT molecular complexity index is 331. The smallest absolute Gasteiger partial charge is 0.317 e. The number of amides is 2. The summed E-state index contributed by atoms with van der Waals surface area (Å²) in [6.07, 6.45) is 0. The number of aliphatic hydroxyl groups excluding tert-OH is 1. The predicted octanol–water partition coefficient (Wildman–Crippen LogP) is -0.502. The van der Waals surface area contributed by atoms with Gasteiger partial charge in [0.25, 0.3) is 0 Å². The molecule has 0 aliphatic carbocycles. The number of rotatable bonds is 4. The lowest BCUT2D eigenvalue weighted by Gasteiger charge is -2.34. The van der Waals surface area contributed by atoms with Crippen molar-refractivity contribution in [1.82, 2.24) is 10.2 Å². The lowest BCUT2D eigenvalue weighted by Crippen LogP contribution is -2.55. The zero-order valence-corrected chi connectivity index (χ0v) is 10.8. The lowest BCUT2D eigenvalue weighted by atomic mass is 10.0. The van der Waals surface area contributed by atoms with E-state index in [9.17, 15) is 14.7 Å². The van der Waals surface area contributed by atoms with Crippen molar-refractivity contribution in [3.8, 4) is 0 Å². The summed E-state index contributed by atoms with van der Waals surface area (Å²) in [6.45, 7) is 3.54. The van der Waals surface area contributed by atoms with Crippen LogP contribution in [0, 0.1) is 5.92 Å². The fourth-order valence-electron chi connectivity index (χ4n) is 1.58. The first kappa shape index (κ1) is 14.7. The van der Waals surface area contributed by atoms with Crippen molar-refractivity contribution in [3.05, 3.63) is 0 Å². The van der Waals surface area contributed by atoms with Gasteiger partial charge in [0.05, 0.1) is 31.4 Å². The summed E-state index contributed by atoms with van der Waals surface area (Å²) < 4.78 is 5.06. The molecule has 2 atom stereocenters. The molecular weight excluding hydrogens is 240 g/mol. The molecule has 0 aromatic rings. The average molecular weight is 260 g/mol. The summed E-state index contributed by atoms with van der Waals surface area (Å²) in [6, 6.07) is -0.956. The Hall–Kier alpha value is -1.34. The minimum Gasteiger partial charge on any atom is -0.481 e. The Morgan fingerprint density at radius 3 is 2.56 bits per heavy atom. The van der Waals surface area contributed by atoms with Crippen LogP contribution in [0.4, 0.5) is 4.79 Å². The third-order valence-electron chi connectivity index (χ3n) is 3.31. The van der Waals surface area contributed by atoms with E-state index >= 15 is 0 Å². The second kappa shape index (κ2) is 5.53. The maximum Gasteiger partial charge on any atom is 0.317 e. The van der Waals surface area contributed by atoms with E-state index in [1.165, 1.54) is 4.90 Å². The van der Waals surface area contributed by atoms with Gasteiger partial charge in [-0.2, -0.15) is 0 Å². The quantitative estimate of drug-likeness (QED) is 0.633. The number of carboxylic acids is 1. The van der Waals surface area contributed by atoms with E-state index in [4.69, 9.17) is 9.84 Å². The van der Waals surface area contributed by atoms with Gasteiger partial charge in [-0.25, -0.2) is 4.79 Å². The van der Waals surface area contributed by atoms with Gasteiger partial charge in [-0.3, -0.25) is 4.79 Å². The standard InChI is InChI=1S/C11H20N2O5/c1-11(2,6-14)13(3)10(17)12-8-5-18-4-7(8)9(15)16/h7-8,14H,4-6H2,1-3H3,(H,12,17)(H,15,16). The van der Waals surface area contributed by atoms with Gasteiger partial charge in [0.15, 0.2) is 0 Å². The van der Waals surface area contributed by atoms with Crippen LogP contribution in [-0.2, 0) is 9.53 Å². The maximum absolute atomic E-state index is 11.9. The fourth-order valence-corrected chi connectivity index (χ4v) is 1.58. The summed E-state index contributed by atoms with van der Waals surface area (Å²) in [5.74, 6) is -1.71. The first-order valence-electron chi connectivity index (χ1n) is 5.75. The Kier molecular flexibility index (Phi) is 4.53. The van der Waals surface area contributed by atoms with Crippen LogP contribution in [0.5, 0.6) is 0 Å². The van der Waals surface area contributed by atoms with E-state index in [0.717, 1.165) is 0 Å². The first-order valence-corrected chi connectivity index (χ1v) is 5.75. The molecular formula is C11H20N2O5. The van der Waals surface area contributed by atoms with Gasteiger partial charge in [0, 0.05) is 7.05 Å². The normalized spacial score (nSPS) is 23.8. The van der Waals surface area contributed by atoms with Gasteiger partial charge in [0.2, 0.25) is 0 Å². The number of urea groups is 1.